The summed E-state index contributed by atoms with van der Waals surface area (Å²) in [6.45, 7) is 9.23. The Balaban J connectivity index is 0.000000489. The summed E-state index contributed by atoms with van der Waals surface area (Å²) in [7, 11) is 1.69. The third kappa shape index (κ3) is 6.79. The summed E-state index contributed by atoms with van der Waals surface area (Å²) in [4.78, 5) is 14.9. The smallest absolute Gasteiger partial charge is 0.155 e. The predicted octanol–water partition coefficient (Wildman–Crippen LogP) is 5.92. The average Bonchev–Trinajstić information content (AvgIpc) is 2.66. The molecule has 5 heteroatoms. The van der Waals surface area contributed by atoms with Crippen molar-refractivity contribution in [2.75, 3.05) is 7.11 Å². The number of fused-ring (bicyclic) bond motifs is 1. The summed E-state index contributed by atoms with van der Waals surface area (Å²) in [6.07, 6.45) is 2.11. The second kappa shape index (κ2) is 11.6. The van der Waals surface area contributed by atoms with Gasteiger partial charge < -0.3 is 9.84 Å². The van der Waals surface area contributed by atoms with E-state index in [9.17, 15) is 4.79 Å². The Morgan fingerprint density at radius 2 is 1.90 bits per heavy atom. The first-order valence-corrected chi connectivity index (χ1v) is 9.60. The van der Waals surface area contributed by atoms with Crippen molar-refractivity contribution in [1.82, 2.24) is 4.98 Å². The maximum Gasteiger partial charge on any atom is 0.155 e. The van der Waals surface area contributed by atoms with Crippen molar-refractivity contribution in [3.63, 3.8) is 0 Å². The fraction of sp³-hybridized carbons (Fsp3) is 0.280. The van der Waals surface area contributed by atoms with Crippen LogP contribution in [-0.2, 0) is 31.3 Å². The number of rotatable bonds is 4. The molecule has 0 aliphatic rings. The van der Waals surface area contributed by atoms with E-state index >= 15 is 0 Å². The van der Waals surface area contributed by atoms with Crippen LogP contribution in [0.15, 0.2) is 48.2 Å². The molecule has 30 heavy (non-hydrogen) atoms. The molecule has 0 saturated carbocycles. The number of ketones is 1. The van der Waals surface area contributed by atoms with Crippen molar-refractivity contribution in [3.05, 3.63) is 71.0 Å². The van der Waals surface area contributed by atoms with Gasteiger partial charge in [-0.3, -0.25) is 9.78 Å². The Bertz CT molecular complexity index is 1050. The van der Waals surface area contributed by atoms with E-state index in [-0.39, 0.29) is 31.6 Å². The second-order valence-electron chi connectivity index (χ2n) is 7.04. The van der Waals surface area contributed by atoms with Crippen LogP contribution in [0.4, 0.5) is 0 Å². The molecule has 1 radical (unpaired) electrons. The number of hydrogen-bond acceptors (Lipinski definition) is 4. The van der Waals surface area contributed by atoms with Gasteiger partial charge >= 0.3 is 0 Å². The van der Waals surface area contributed by atoms with Gasteiger partial charge in [0, 0.05) is 31.6 Å². The summed E-state index contributed by atoms with van der Waals surface area (Å²) < 4.78 is 5.31. The predicted molar refractivity (Wildman–Crippen MR) is 118 cm³/mol. The molecule has 1 heterocycles. The van der Waals surface area contributed by atoms with Crippen LogP contribution in [0.5, 0.6) is 5.75 Å². The van der Waals surface area contributed by atoms with Crippen LogP contribution >= 0.6 is 0 Å². The van der Waals surface area contributed by atoms with E-state index in [1.807, 2.05) is 24.3 Å². The molecule has 0 aliphatic carbocycles. The van der Waals surface area contributed by atoms with Gasteiger partial charge in [-0.05, 0) is 44.2 Å². The molecule has 0 aliphatic heterocycles. The summed E-state index contributed by atoms with van der Waals surface area (Å²) in [5.74, 6) is 0.801. The van der Waals surface area contributed by atoms with E-state index in [4.69, 9.17) is 14.8 Å². The first-order valence-electron chi connectivity index (χ1n) is 9.60. The number of aromatic nitrogens is 1. The molecular weight excluding hydrogens is 554 g/mol. The van der Waals surface area contributed by atoms with Gasteiger partial charge in [-0.1, -0.05) is 32.4 Å². The van der Waals surface area contributed by atoms with Crippen molar-refractivity contribution >= 4 is 16.7 Å². The van der Waals surface area contributed by atoms with Gasteiger partial charge in [0.1, 0.15) is 5.75 Å². The van der Waals surface area contributed by atoms with E-state index in [0.29, 0.717) is 0 Å². The maximum absolute atomic E-state index is 10.0. The normalized spacial score (nSPS) is 10.7. The molecule has 0 spiro atoms. The number of hydrogen-bond donors (Lipinski definition) is 1. The first kappa shape index (κ1) is 25.5. The molecule has 0 amide bonds. The summed E-state index contributed by atoms with van der Waals surface area (Å²) in [5.41, 5.74) is 6.81. The molecule has 4 nitrogen and oxygen atoms in total. The van der Waals surface area contributed by atoms with E-state index in [2.05, 4.69) is 39.0 Å². The van der Waals surface area contributed by atoms with Crippen LogP contribution < -0.4 is 4.74 Å². The van der Waals surface area contributed by atoms with Crippen molar-refractivity contribution in [3.8, 4) is 17.0 Å². The topological polar surface area (TPSA) is 59.4 Å². The van der Waals surface area contributed by atoms with Crippen LogP contribution in [0.25, 0.3) is 22.2 Å². The van der Waals surface area contributed by atoms with E-state index in [0.717, 1.165) is 34.3 Å². The van der Waals surface area contributed by atoms with Crippen molar-refractivity contribution < 1.29 is 34.7 Å². The minimum Gasteiger partial charge on any atom is -0.512 e. The largest absolute Gasteiger partial charge is 0.512 e. The molecule has 0 atom stereocenters. The number of pyridine rings is 1. The Kier molecular flexibility index (Phi) is 9.91. The van der Waals surface area contributed by atoms with Crippen LogP contribution in [0.1, 0.15) is 37.5 Å². The Morgan fingerprint density at radius 1 is 1.20 bits per heavy atom. The first-order chi connectivity index (χ1) is 13.7. The Labute approximate surface area is 192 Å². The molecule has 0 unspecified atom stereocenters. The number of aryl methyl sites for hydroxylation is 3. The Morgan fingerprint density at radius 3 is 2.40 bits per heavy atom. The Hall–Kier alpha value is -2.49. The zero-order valence-corrected chi connectivity index (χ0v) is 20.7. The molecular formula is C25H28IrNO3-. The van der Waals surface area contributed by atoms with E-state index in [1.165, 1.54) is 36.6 Å². The summed E-state index contributed by atoms with van der Waals surface area (Å²) in [6, 6.07) is 15.8. The molecule has 3 aromatic rings. The number of aliphatic hydroxyl groups excluding tert-OH is 1. The van der Waals surface area contributed by atoms with Gasteiger partial charge in [-0.15, -0.1) is 34.9 Å². The van der Waals surface area contributed by atoms with Crippen molar-refractivity contribution in [2.45, 2.75) is 41.0 Å². The molecule has 1 N–H and O–H groups in total. The number of allylic oxidation sites excluding steroid dienone is 2. The fourth-order valence-corrected chi connectivity index (χ4v) is 3.12. The van der Waals surface area contributed by atoms with Gasteiger partial charge in [0.05, 0.1) is 18.4 Å². The number of nitrogens with zero attached hydrogens (tertiary/aromatic N) is 1. The number of carbonyl (C=O) groups excluding carboxylic acids is 1. The molecule has 0 fully saturated rings. The molecule has 3 rings (SSSR count). The second-order valence-corrected chi connectivity index (χ2v) is 7.04. The molecule has 161 valence electrons. The van der Waals surface area contributed by atoms with Gasteiger partial charge in [0.25, 0.3) is 0 Å². The van der Waals surface area contributed by atoms with Gasteiger partial charge in [0.2, 0.25) is 0 Å². The standard InChI is InChI=1S/C20H20NO.C5H8O2.Ir/c1-5-15-11-16-12-17(22-4)7-9-19(16)21-20(15)18-8-6-13(2)10-14(18)3;1-4(6)3-5(2)7;/h6-7,9-12H,5H2,1-4H3;3,6H,1-2H3;/q-1;;/b;4-3-;. The van der Waals surface area contributed by atoms with Crippen LogP contribution in [0.3, 0.4) is 0 Å². The van der Waals surface area contributed by atoms with Crippen LogP contribution in [0, 0.1) is 19.9 Å². The molecule has 0 bridgehead atoms. The number of benzene rings is 2. The van der Waals surface area contributed by atoms with Crippen LogP contribution in [-0.4, -0.2) is 23.0 Å². The fourth-order valence-electron chi connectivity index (χ4n) is 3.12. The molecule has 2 aromatic carbocycles. The van der Waals surface area contributed by atoms with E-state index < -0.39 is 0 Å². The van der Waals surface area contributed by atoms with Gasteiger partial charge in [-0.25, -0.2) is 0 Å². The minimum absolute atomic E-state index is 0. The number of carbonyl (C=O) groups is 1. The quantitative estimate of drug-likeness (QED) is 0.236. The third-order valence-electron chi connectivity index (χ3n) is 4.41. The number of methoxy groups -OCH3 is 1. The minimum atomic E-state index is -0.125. The van der Waals surface area contributed by atoms with Crippen molar-refractivity contribution in [1.29, 1.82) is 0 Å². The maximum atomic E-state index is 10.0. The van der Waals surface area contributed by atoms with E-state index in [1.54, 1.807) is 7.11 Å². The molecule has 1 aromatic heterocycles. The zero-order valence-electron chi connectivity index (χ0n) is 18.3. The van der Waals surface area contributed by atoms with Gasteiger partial charge in [0.15, 0.2) is 5.78 Å². The molecule has 0 saturated heterocycles. The number of aliphatic hydroxyl groups is 1. The SMILES string of the molecule is CC(=O)/C=C(/C)O.CCc1cc2cc(OC)ccc2nc1-c1[c-]cc(C)cc1C.[Ir]. The van der Waals surface area contributed by atoms with Crippen LogP contribution in [0.2, 0.25) is 0 Å². The average molecular weight is 583 g/mol. The number of ether oxygens (including phenoxy) is 1. The van der Waals surface area contributed by atoms with Gasteiger partial charge in [-0.2, -0.15) is 0 Å². The summed E-state index contributed by atoms with van der Waals surface area (Å²) >= 11 is 0. The monoisotopic (exact) mass is 583 g/mol. The summed E-state index contributed by atoms with van der Waals surface area (Å²) in [5, 5.41) is 9.48. The third-order valence-corrected chi connectivity index (χ3v) is 4.41. The zero-order chi connectivity index (χ0) is 21.6. The van der Waals surface area contributed by atoms with Crippen molar-refractivity contribution in [2.24, 2.45) is 0 Å².